The van der Waals surface area contributed by atoms with Gasteiger partial charge in [-0.05, 0) is 49.2 Å². The van der Waals surface area contributed by atoms with Gasteiger partial charge in [0, 0.05) is 6.54 Å². The van der Waals surface area contributed by atoms with Gasteiger partial charge in [0.05, 0.1) is 18.3 Å². The van der Waals surface area contributed by atoms with Gasteiger partial charge < -0.3 is 20.9 Å². The van der Waals surface area contributed by atoms with Crippen LogP contribution in [0.15, 0.2) is 42.5 Å². The molecule has 0 aliphatic carbocycles. The van der Waals surface area contributed by atoms with Crippen LogP contribution in [0, 0.1) is 12.7 Å². The predicted octanol–water partition coefficient (Wildman–Crippen LogP) is 2.33. The quantitative estimate of drug-likeness (QED) is 0.641. The number of aliphatic hydroxyl groups excluding tert-OH is 1. The zero-order chi connectivity index (χ0) is 18.2. The molecule has 0 saturated carbocycles. The summed E-state index contributed by atoms with van der Waals surface area (Å²) in [4.78, 5) is 12.4. The lowest BCUT2D eigenvalue weighted by Gasteiger charge is -2.16. The predicted molar refractivity (Wildman–Crippen MR) is 94.0 cm³/mol. The molecule has 5 nitrogen and oxygen atoms in total. The Hall–Kier alpha value is -2.44. The Kier molecular flexibility index (Phi) is 6.91. The number of hydrogen-bond donors (Lipinski definition) is 3. The maximum atomic E-state index is 13.5. The summed E-state index contributed by atoms with van der Waals surface area (Å²) in [5.41, 5.74) is 7.18. The second-order valence-electron chi connectivity index (χ2n) is 5.71. The van der Waals surface area contributed by atoms with Crippen LogP contribution in [0.4, 0.5) is 4.39 Å². The van der Waals surface area contributed by atoms with Crippen LogP contribution in [0.25, 0.3) is 0 Å². The highest BCUT2D eigenvalue weighted by Crippen LogP contribution is 2.21. The van der Waals surface area contributed by atoms with Crippen molar-refractivity contribution in [2.24, 2.45) is 5.73 Å². The van der Waals surface area contributed by atoms with Crippen LogP contribution >= 0.6 is 0 Å². The maximum Gasteiger partial charge on any atom is 0.255 e. The van der Waals surface area contributed by atoms with Gasteiger partial charge in [-0.3, -0.25) is 4.79 Å². The van der Waals surface area contributed by atoms with Crippen molar-refractivity contribution >= 4 is 5.91 Å². The molecule has 1 amide bonds. The standard InChI is InChI=1S/C19H23FN2O3/c1-13-5-2-3-6-15(13)17(23)12-22-19(24)16-11-14(20)7-8-18(16)25-10-4-9-21/h2-3,5-8,11,17,23H,4,9-10,12,21H2,1H3,(H,22,24)/t17-/m0/s1. The van der Waals surface area contributed by atoms with Gasteiger partial charge in [-0.15, -0.1) is 0 Å². The summed E-state index contributed by atoms with van der Waals surface area (Å²) >= 11 is 0. The van der Waals surface area contributed by atoms with E-state index in [1.54, 1.807) is 6.07 Å². The van der Waals surface area contributed by atoms with Crippen molar-refractivity contribution in [3.8, 4) is 5.75 Å². The minimum absolute atomic E-state index is 0.0163. The van der Waals surface area contributed by atoms with Crippen molar-refractivity contribution in [1.82, 2.24) is 5.32 Å². The molecule has 134 valence electrons. The first-order chi connectivity index (χ1) is 12.0. The van der Waals surface area contributed by atoms with Crippen molar-refractivity contribution in [3.05, 3.63) is 65.0 Å². The average molecular weight is 346 g/mol. The molecule has 0 aliphatic heterocycles. The van der Waals surface area contributed by atoms with Crippen LogP contribution in [-0.4, -0.2) is 30.7 Å². The molecule has 2 rings (SSSR count). The fourth-order valence-corrected chi connectivity index (χ4v) is 2.43. The number of halogens is 1. The molecule has 0 fully saturated rings. The van der Waals surface area contributed by atoms with Crippen LogP contribution < -0.4 is 15.8 Å². The van der Waals surface area contributed by atoms with Crippen molar-refractivity contribution in [2.75, 3.05) is 19.7 Å². The van der Waals surface area contributed by atoms with Gasteiger partial charge in [-0.25, -0.2) is 4.39 Å². The number of rotatable bonds is 8. The molecule has 0 aromatic heterocycles. The van der Waals surface area contributed by atoms with Crippen LogP contribution in [0.1, 0.15) is 34.0 Å². The Morgan fingerprint density at radius 3 is 2.80 bits per heavy atom. The Morgan fingerprint density at radius 2 is 2.08 bits per heavy atom. The molecule has 0 unspecified atom stereocenters. The van der Waals surface area contributed by atoms with Gasteiger partial charge in [-0.2, -0.15) is 0 Å². The minimum Gasteiger partial charge on any atom is -0.493 e. The number of aliphatic hydroxyl groups is 1. The molecule has 4 N–H and O–H groups in total. The summed E-state index contributed by atoms with van der Waals surface area (Å²) < 4.78 is 19.0. The van der Waals surface area contributed by atoms with Crippen LogP contribution in [0.2, 0.25) is 0 Å². The Morgan fingerprint density at radius 1 is 1.32 bits per heavy atom. The van der Waals surface area contributed by atoms with E-state index in [0.29, 0.717) is 19.6 Å². The van der Waals surface area contributed by atoms with E-state index >= 15 is 0 Å². The third kappa shape index (κ3) is 5.27. The Balaban J connectivity index is 2.05. The summed E-state index contributed by atoms with van der Waals surface area (Å²) in [6, 6.07) is 11.2. The molecular weight excluding hydrogens is 323 g/mol. The summed E-state index contributed by atoms with van der Waals surface area (Å²) in [7, 11) is 0. The second kappa shape index (κ2) is 9.15. The van der Waals surface area contributed by atoms with Crippen molar-refractivity contribution < 1.29 is 19.0 Å². The zero-order valence-corrected chi connectivity index (χ0v) is 14.2. The molecule has 0 spiro atoms. The number of benzene rings is 2. The molecular formula is C19H23FN2O3. The molecule has 6 heteroatoms. The monoisotopic (exact) mass is 346 g/mol. The first-order valence-electron chi connectivity index (χ1n) is 8.17. The normalized spacial score (nSPS) is 11.8. The molecule has 25 heavy (non-hydrogen) atoms. The summed E-state index contributed by atoms with van der Waals surface area (Å²) in [5, 5.41) is 12.9. The van der Waals surface area contributed by atoms with E-state index in [1.165, 1.54) is 12.1 Å². The fraction of sp³-hybridized carbons (Fsp3) is 0.316. The molecule has 2 aromatic rings. The zero-order valence-electron chi connectivity index (χ0n) is 14.2. The number of hydrogen-bond acceptors (Lipinski definition) is 4. The first kappa shape index (κ1) is 18.9. The van der Waals surface area contributed by atoms with Gasteiger partial charge in [0.15, 0.2) is 0 Å². The summed E-state index contributed by atoms with van der Waals surface area (Å²) in [5.74, 6) is -0.747. The lowest BCUT2D eigenvalue weighted by Crippen LogP contribution is -2.29. The molecule has 0 radical (unpaired) electrons. The van der Waals surface area contributed by atoms with Crippen LogP contribution in [-0.2, 0) is 0 Å². The summed E-state index contributed by atoms with van der Waals surface area (Å²) in [6.45, 7) is 2.71. The third-order valence-corrected chi connectivity index (χ3v) is 3.80. The number of nitrogens with one attached hydrogen (secondary N) is 1. The average Bonchev–Trinajstić information content (AvgIpc) is 2.61. The fourth-order valence-electron chi connectivity index (χ4n) is 2.43. The van der Waals surface area contributed by atoms with E-state index in [-0.39, 0.29) is 17.9 Å². The molecule has 0 heterocycles. The maximum absolute atomic E-state index is 13.5. The topological polar surface area (TPSA) is 84.6 Å². The van der Waals surface area contributed by atoms with Gasteiger partial charge in [0.25, 0.3) is 5.91 Å². The van der Waals surface area contributed by atoms with Crippen LogP contribution in [0.3, 0.4) is 0 Å². The van der Waals surface area contributed by atoms with Crippen molar-refractivity contribution in [1.29, 1.82) is 0 Å². The Labute approximate surface area is 146 Å². The lowest BCUT2D eigenvalue weighted by atomic mass is 10.0. The highest BCUT2D eigenvalue weighted by atomic mass is 19.1. The smallest absolute Gasteiger partial charge is 0.255 e. The molecule has 0 bridgehead atoms. The highest BCUT2D eigenvalue weighted by molar-refractivity contribution is 5.96. The van der Waals surface area contributed by atoms with E-state index in [1.807, 2.05) is 25.1 Å². The highest BCUT2D eigenvalue weighted by Gasteiger charge is 2.16. The first-order valence-corrected chi connectivity index (χ1v) is 8.17. The second-order valence-corrected chi connectivity index (χ2v) is 5.71. The number of nitrogens with two attached hydrogens (primary N) is 1. The summed E-state index contributed by atoms with van der Waals surface area (Å²) in [6.07, 6.45) is -0.218. The molecule has 0 saturated heterocycles. The van der Waals surface area contributed by atoms with E-state index < -0.39 is 17.8 Å². The minimum atomic E-state index is -0.847. The van der Waals surface area contributed by atoms with Gasteiger partial charge >= 0.3 is 0 Å². The molecule has 1 atom stereocenters. The molecule has 2 aromatic carbocycles. The number of carbonyl (C=O) groups excluding carboxylic acids is 1. The van der Waals surface area contributed by atoms with Crippen molar-refractivity contribution in [3.63, 3.8) is 0 Å². The van der Waals surface area contributed by atoms with Gasteiger partial charge in [-0.1, -0.05) is 24.3 Å². The van der Waals surface area contributed by atoms with Crippen LogP contribution in [0.5, 0.6) is 5.75 Å². The number of ether oxygens (including phenoxy) is 1. The number of amides is 1. The largest absolute Gasteiger partial charge is 0.493 e. The third-order valence-electron chi connectivity index (χ3n) is 3.80. The van der Waals surface area contributed by atoms with Gasteiger partial charge in [0.1, 0.15) is 11.6 Å². The van der Waals surface area contributed by atoms with Crippen molar-refractivity contribution in [2.45, 2.75) is 19.4 Å². The van der Waals surface area contributed by atoms with E-state index in [2.05, 4.69) is 5.32 Å². The SMILES string of the molecule is Cc1ccccc1[C@@H](O)CNC(=O)c1cc(F)ccc1OCCCN. The van der Waals surface area contributed by atoms with E-state index in [9.17, 15) is 14.3 Å². The van der Waals surface area contributed by atoms with Gasteiger partial charge in [0.2, 0.25) is 0 Å². The van der Waals surface area contributed by atoms with E-state index in [4.69, 9.17) is 10.5 Å². The number of aryl methyl sites for hydroxylation is 1. The lowest BCUT2D eigenvalue weighted by molar-refractivity contribution is 0.0911. The number of carbonyl (C=O) groups is 1. The molecule has 0 aliphatic rings. The Bertz CT molecular complexity index is 722. The van der Waals surface area contributed by atoms with E-state index in [0.717, 1.165) is 17.2 Å².